The van der Waals surface area contributed by atoms with Crippen LogP contribution in [-0.4, -0.2) is 62.5 Å². The number of carboxylic acids is 1. The van der Waals surface area contributed by atoms with Gasteiger partial charge in [0.05, 0.1) is 39.6 Å². The van der Waals surface area contributed by atoms with Gasteiger partial charge in [-0.2, -0.15) is 18.4 Å². The maximum absolute atomic E-state index is 13.9. The molecule has 0 aromatic heterocycles. The van der Waals surface area contributed by atoms with Gasteiger partial charge in [0.1, 0.15) is 5.54 Å². The fourth-order valence-electron chi connectivity index (χ4n) is 4.80. The fourth-order valence-corrected chi connectivity index (χ4v) is 6.99. The number of alkyl halides is 3. The van der Waals surface area contributed by atoms with E-state index >= 15 is 0 Å². The van der Waals surface area contributed by atoms with Gasteiger partial charge in [-0.25, -0.2) is 30.7 Å². The molecular weight excluding hydrogens is 579 g/mol. The SMILES string of the molecule is CC1=C(C(=O)O)[C@@](CCO)(c2ccc(C#N)cc2S(C)(=O)=O)N(S(C)(=O)=O)C(=O)N1c1cccc(C(F)(F)F)c1. The molecule has 0 fully saturated rings. The van der Waals surface area contributed by atoms with Gasteiger partial charge in [0.2, 0.25) is 10.0 Å². The molecule has 0 spiro atoms. The van der Waals surface area contributed by atoms with Crippen LogP contribution in [0.3, 0.4) is 0 Å². The number of amides is 2. The second kappa shape index (κ2) is 10.2. The molecule has 2 aromatic rings. The number of sulfonamides is 1. The van der Waals surface area contributed by atoms with Gasteiger partial charge in [-0.1, -0.05) is 12.1 Å². The Balaban J connectivity index is 2.61. The van der Waals surface area contributed by atoms with Crippen molar-refractivity contribution in [3.63, 3.8) is 0 Å². The smallest absolute Gasteiger partial charge is 0.416 e. The van der Waals surface area contributed by atoms with E-state index in [1.807, 2.05) is 0 Å². The summed E-state index contributed by atoms with van der Waals surface area (Å²) in [5.74, 6) is -1.85. The number of aliphatic carboxylic acids is 1. The van der Waals surface area contributed by atoms with Crippen LogP contribution in [0.2, 0.25) is 0 Å². The van der Waals surface area contributed by atoms with E-state index < -0.39 is 89.6 Å². The van der Waals surface area contributed by atoms with Crippen LogP contribution in [0.5, 0.6) is 0 Å². The number of allylic oxidation sites excluding steroid dienone is 1. The van der Waals surface area contributed by atoms with E-state index in [-0.39, 0.29) is 9.87 Å². The van der Waals surface area contributed by atoms with Crippen LogP contribution in [0.15, 0.2) is 58.6 Å². The minimum atomic E-state index is -4.87. The molecule has 0 bridgehead atoms. The summed E-state index contributed by atoms with van der Waals surface area (Å²) < 4.78 is 92.4. The minimum Gasteiger partial charge on any atom is -0.478 e. The number of hydrogen-bond donors (Lipinski definition) is 2. The molecule has 16 heteroatoms. The lowest BCUT2D eigenvalue weighted by Crippen LogP contribution is -2.63. The van der Waals surface area contributed by atoms with Crippen LogP contribution in [0, 0.1) is 11.3 Å². The molecule has 0 saturated heterocycles. The number of carbonyl (C=O) groups is 2. The van der Waals surface area contributed by atoms with E-state index in [9.17, 15) is 55.1 Å². The van der Waals surface area contributed by atoms with Crippen LogP contribution >= 0.6 is 0 Å². The highest BCUT2D eigenvalue weighted by atomic mass is 32.2. The summed E-state index contributed by atoms with van der Waals surface area (Å²) in [5.41, 5.74) is -6.62. The molecule has 11 nitrogen and oxygen atoms in total. The number of anilines is 1. The van der Waals surface area contributed by atoms with Crippen molar-refractivity contribution in [3.05, 3.63) is 70.4 Å². The topological polar surface area (TPSA) is 173 Å². The number of nitriles is 1. The number of hydrogen-bond acceptors (Lipinski definition) is 8. The minimum absolute atomic E-state index is 0.0446. The standard InChI is InChI=1S/C24H22F3N3O8S2/c1-14-20(21(32)33)23(9-10-31,18-8-7-15(13-28)11-19(18)39(2,35)36)30(40(3,37)38)22(34)29(14)17-6-4-5-16(12-17)24(25,26)27/h4-8,11-12,31H,9-10H2,1-3H3,(H,32,33)/t23-/m1/s1. The maximum Gasteiger partial charge on any atom is 0.416 e. The first-order valence-electron chi connectivity index (χ1n) is 11.1. The van der Waals surface area contributed by atoms with Crippen LogP contribution < -0.4 is 4.90 Å². The second-order valence-electron chi connectivity index (χ2n) is 8.89. The molecule has 2 N–H and O–H groups in total. The first kappa shape index (κ1) is 30.6. The molecule has 3 rings (SSSR count). The van der Waals surface area contributed by atoms with Crippen molar-refractivity contribution in [1.82, 2.24) is 4.31 Å². The number of carbonyl (C=O) groups excluding carboxylic acids is 1. The van der Waals surface area contributed by atoms with Crippen molar-refractivity contribution >= 4 is 37.5 Å². The number of aliphatic hydroxyl groups is 1. The van der Waals surface area contributed by atoms with Crippen molar-refractivity contribution in [3.8, 4) is 6.07 Å². The van der Waals surface area contributed by atoms with Crippen molar-refractivity contribution in [2.24, 2.45) is 0 Å². The number of urea groups is 1. The van der Waals surface area contributed by atoms with Crippen LogP contribution in [-0.2, 0) is 36.4 Å². The summed E-state index contributed by atoms with van der Waals surface area (Å²) in [7, 11) is -9.18. The summed E-state index contributed by atoms with van der Waals surface area (Å²) in [6, 6.07) is 6.25. The number of sulfone groups is 1. The van der Waals surface area contributed by atoms with Gasteiger partial charge in [0.25, 0.3) is 0 Å². The monoisotopic (exact) mass is 601 g/mol. The highest BCUT2D eigenvalue weighted by Crippen LogP contribution is 2.50. The number of rotatable bonds is 7. The zero-order valence-electron chi connectivity index (χ0n) is 21.1. The van der Waals surface area contributed by atoms with Gasteiger partial charge in [-0.3, -0.25) is 4.90 Å². The molecule has 1 heterocycles. The van der Waals surface area contributed by atoms with Gasteiger partial charge >= 0.3 is 18.2 Å². The van der Waals surface area contributed by atoms with Crippen LogP contribution in [0.4, 0.5) is 23.7 Å². The first-order valence-corrected chi connectivity index (χ1v) is 14.9. The van der Waals surface area contributed by atoms with Gasteiger partial charge in [-0.15, -0.1) is 0 Å². The van der Waals surface area contributed by atoms with Gasteiger partial charge in [0.15, 0.2) is 9.84 Å². The zero-order chi connectivity index (χ0) is 30.4. The van der Waals surface area contributed by atoms with Gasteiger partial charge in [0, 0.05) is 30.5 Å². The fraction of sp³-hybridized carbons (Fsp3) is 0.292. The van der Waals surface area contributed by atoms with Crippen molar-refractivity contribution < 1.29 is 49.8 Å². The van der Waals surface area contributed by atoms with E-state index in [0.717, 1.165) is 37.3 Å². The molecule has 2 amide bonds. The lowest BCUT2D eigenvalue weighted by atomic mass is 9.77. The van der Waals surface area contributed by atoms with Gasteiger partial charge in [-0.05, 0) is 37.3 Å². The number of halogens is 3. The first-order chi connectivity index (χ1) is 18.3. The molecule has 40 heavy (non-hydrogen) atoms. The summed E-state index contributed by atoms with van der Waals surface area (Å²) in [4.78, 5) is 26.5. The molecule has 0 unspecified atom stereocenters. The Morgan fingerprint density at radius 2 is 1.73 bits per heavy atom. The summed E-state index contributed by atoms with van der Waals surface area (Å²) in [6.45, 7) is 0.0766. The highest BCUT2D eigenvalue weighted by molar-refractivity contribution is 7.90. The van der Waals surface area contributed by atoms with Crippen LogP contribution in [0.1, 0.15) is 30.0 Å². The lowest BCUT2D eigenvalue weighted by molar-refractivity contribution is -0.137. The maximum atomic E-state index is 13.9. The molecule has 0 saturated carbocycles. The quantitative estimate of drug-likeness (QED) is 0.484. The van der Waals surface area contributed by atoms with Crippen molar-refractivity contribution in [2.45, 2.75) is 30.0 Å². The molecule has 0 radical (unpaired) electrons. The molecular formula is C24H22F3N3O8S2. The average molecular weight is 602 g/mol. The number of nitrogens with zero attached hydrogens (tertiary/aromatic N) is 3. The third-order valence-corrected chi connectivity index (χ3v) is 8.50. The van der Waals surface area contributed by atoms with Crippen LogP contribution in [0.25, 0.3) is 0 Å². The Morgan fingerprint density at radius 3 is 2.20 bits per heavy atom. The zero-order valence-corrected chi connectivity index (χ0v) is 22.7. The lowest BCUT2D eigenvalue weighted by Gasteiger charge is -2.49. The molecule has 1 atom stereocenters. The van der Waals surface area contributed by atoms with E-state index in [4.69, 9.17) is 0 Å². The largest absolute Gasteiger partial charge is 0.478 e. The number of carboxylic acid groups (broad SMARTS) is 1. The highest BCUT2D eigenvalue weighted by Gasteiger charge is 2.58. The van der Waals surface area contributed by atoms with Crippen molar-refractivity contribution in [1.29, 1.82) is 5.26 Å². The normalized spacial score (nSPS) is 18.6. The number of aliphatic hydroxyl groups excluding tert-OH is 1. The third-order valence-electron chi connectivity index (χ3n) is 6.23. The predicted octanol–water partition coefficient (Wildman–Crippen LogP) is 2.82. The molecule has 2 aromatic carbocycles. The Hall–Kier alpha value is -3.94. The van der Waals surface area contributed by atoms with Gasteiger partial charge < -0.3 is 10.2 Å². The Morgan fingerprint density at radius 1 is 1.10 bits per heavy atom. The predicted molar refractivity (Wildman–Crippen MR) is 134 cm³/mol. The molecule has 1 aliphatic heterocycles. The Labute approximate surface area is 227 Å². The number of benzene rings is 2. The summed E-state index contributed by atoms with van der Waals surface area (Å²) in [5, 5.41) is 29.7. The third kappa shape index (κ3) is 5.15. The van der Waals surface area contributed by atoms with E-state index in [1.54, 1.807) is 6.07 Å². The van der Waals surface area contributed by atoms with E-state index in [1.165, 1.54) is 0 Å². The van der Waals surface area contributed by atoms with E-state index in [2.05, 4.69) is 0 Å². The average Bonchev–Trinajstić information content (AvgIpc) is 2.81. The summed E-state index contributed by atoms with van der Waals surface area (Å²) in [6.07, 6.45) is -4.49. The molecule has 0 aliphatic carbocycles. The molecule has 214 valence electrons. The summed E-state index contributed by atoms with van der Waals surface area (Å²) >= 11 is 0. The Bertz CT molecular complexity index is 1700. The molecule has 1 aliphatic rings. The second-order valence-corrected chi connectivity index (χ2v) is 12.7. The Kier molecular flexibility index (Phi) is 7.82. The van der Waals surface area contributed by atoms with E-state index in [0.29, 0.717) is 29.5 Å². The van der Waals surface area contributed by atoms with Crippen molar-refractivity contribution in [2.75, 3.05) is 24.0 Å².